The van der Waals surface area contributed by atoms with E-state index >= 15 is 0 Å². The van der Waals surface area contributed by atoms with Gasteiger partial charge in [-0.2, -0.15) is 0 Å². The van der Waals surface area contributed by atoms with Gasteiger partial charge in [0.2, 0.25) is 0 Å². The van der Waals surface area contributed by atoms with Gasteiger partial charge < -0.3 is 10.2 Å². The highest BCUT2D eigenvalue weighted by Crippen LogP contribution is 1.95. The monoisotopic (exact) mass is 300 g/mol. The molecule has 0 bridgehead atoms. The molecule has 0 aliphatic heterocycles. The summed E-state index contributed by atoms with van der Waals surface area (Å²) in [5, 5.41) is 17.6. The third-order valence-electron chi connectivity index (χ3n) is 3.08. The van der Waals surface area contributed by atoms with Gasteiger partial charge in [0.05, 0.1) is 11.1 Å². The van der Waals surface area contributed by atoms with Crippen molar-refractivity contribution >= 4 is 11.9 Å². The van der Waals surface area contributed by atoms with Crippen molar-refractivity contribution in [3.63, 3.8) is 0 Å². The lowest BCUT2D eigenvalue weighted by Gasteiger charge is -1.94. The van der Waals surface area contributed by atoms with Gasteiger partial charge in [0.25, 0.3) is 0 Å². The van der Waals surface area contributed by atoms with Crippen molar-refractivity contribution < 1.29 is 28.9 Å². The Kier molecular flexibility index (Phi) is 4.98. The molecule has 2 aromatic heterocycles. The van der Waals surface area contributed by atoms with Gasteiger partial charge in [-0.05, 0) is 12.2 Å². The maximum atomic E-state index is 10.7. The van der Waals surface area contributed by atoms with Gasteiger partial charge >= 0.3 is 11.9 Å². The number of hydrogen-bond acceptors (Lipinski definition) is 2. The SMILES string of the molecule is O=C(O)c1cc[n+](C/C=C/C[n+]2ccc(C(=O)O)cc2)cc1. The predicted molar refractivity (Wildman–Crippen MR) is 76.3 cm³/mol. The van der Waals surface area contributed by atoms with Crippen LogP contribution in [0.4, 0.5) is 0 Å². The number of aromatic nitrogens is 2. The second-order valence-electron chi connectivity index (χ2n) is 4.65. The van der Waals surface area contributed by atoms with Gasteiger partial charge in [-0.15, -0.1) is 0 Å². The van der Waals surface area contributed by atoms with Gasteiger partial charge in [-0.25, -0.2) is 18.7 Å². The quantitative estimate of drug-likeness (QED) is 0.614. The molecule has 0 aliphatic carbocycles. The summed E-state index contributed by atoms with van der Waals surface area (Å²) in [4.78, 5) is 21.5. The van der Waals surface area contributed by atoms with E-state index in [0.29, 0.717) is 13.1 Å². The van der Waals surface area contributed by atoms with Crippen molar-refractivity contribution in [3.05, 3.63) is 72.3 Å². The van der Waals surface area contributed by atoms with Gasteiger partial charge in [-0.1, -0.05) is 0 Å². The summed E-state index contributed by atoms with van der Waals surface area (Å²) in [6, 6.07) is 6.20. The molecule has 0 aromatic carbocycles. The Morgan fingerprint density at radius 3 is 1.36 bits per heavy atom. The van der Waals surface area contributed by atoms with Crippen LogP contribution in [0.25, 0.3) is 0 Å². The van der Waals surface area contributed by atoms with Crippen LogP contribution in [-0.4, -0.2) is 22.2 Å². The lowest BCUT2D eigenvalue weighted by molar-refractivity contribution is -0.691. The van der Waals surface area contributed by atoms with Gasteiger partial charge in [0.15, 0.2) is 37.9 Å². The average molecular weight is 300 g/mol. The second kappa shape index (κ2) is 7.12. The molecule has 6 heteroatoms. The van der Waals surface area contributed by atoms with Crippen LogP contribution < -0.4 is 9.13 Å². The van der Waals surface area contributed by atoms with E-state index in [1.165, 1.54) is 0 Å². The summed E-state index contributed by atoms with van der Waals surface area (Å²) >= 11 is 0. The molecule has 112 valence electrons. The molecular formula is C16H16N2O4+2. The number of carboxylic acid groups (broad SMARTS) is 2. The van der Waals surface area contributed by atoms with Crippen molar-refractivity contribution in [1.82, 2.24) is 0 Å². The smallest absolute Gasteiger partial charge is 0.336 e. The molecule has 0 aliphatic rings. The Labute approximate surface area is 127 Å². The normalized spacial score (nSPS) is 10.7. The number of nitrogens with zero attached hydrogens (tertiary/aromatic N) is 2. The zero-order chi connectivity index (χ0) is 15.9. The molecule has 2 heterocycles. The molecular weight excluding hydrogens is 284 g/mol. The summed E-state index contributed by atoms with van der Waals surface area (Å²) in [6.45, 7) is 1.27. The fourth-order valence-electron chi connectivity index (χ4n) is 1.84. The number of allylic oxidation sites excluding steroid dienone is 2. The second-order valence-corrected chi connectivity index (χ2v) is 4.65. The zero-order valence-corrected chi connectivity index (χ0v) is 11.8. The highest BCUT2D eigenvalue weighted by atomic mass is 16.4. The lowest BCUT2D eigenvalue weighted by Crippen LogP contribution is -2.33. The number of aromatic carboxylic acids is 2. The first-order chi connectivity index (χ1) is 10.6. The Bertz CT molecular complexity index is 630. The van der Waals surface area contributed by atoms with Gasteiger partial charge in [0, 0.05) is 24.3 Å². The van der Waals surface area contributed by atoms with Crippen LogP contribution in [0.2, 0.25) is 0 Å². The molecule has 0 fully saturated rings. The van der Waals surface area contributed by atoms with Crippen molar-refractivity contribution in [3.8, 4) is 0 Å². The Morgan fingerprint density at radius 2 is 1.09 bits per heavy atom. The summed E-state index contributed by atoms with van der Waals surface area (Å²) in [7, 11) is 0. The van der Waals surface area contributed by atoms with Crippen LogP contribution in [0.1, 0.15) is 20.7 Å². The lowest BCUT2D eigenvalue weighted by atomic mass is 10.3. The third kappa shape index (κ3) is 4.24. The standard InChI is InChI=1S/C16H14N2O4/c19-15(20)13-3-9-17(10-4-13)7-1-2-8-18-11-5-14(6-12-18)16(21)22/h1-6,9-12H,7-8H2/p+2/b2-1+. The molecule has 0 amide bonds. The van der Waals surface area contributed by atoms with E-state index in [1.807, 2.05) is 21.3 Å². The molecule has 6 nitrogen and oxygen atoms in total. The fourth-order valence-corrected chi connectivity index (χ4v) is 1.84. The summed E-state index contributed by atoms with van der Waals surface area (Å²) in [5.41, 5.74) is 0.517. The molecule has 0 saturated heterocycles. The summed E-state index contributed by atoms with van der Waals surface area (Å²) in [6.07, 6.45) is 10.8. The van der Waals surface area contributed by atoms with Gasteiger partial charge in [0.1, 0.15) is 0 Å². The molecule has 2 rings (SSSR count). The van der Waals surface area contributed by atoms with E-state index in [-0.39, 0.29) is 11.1 Å². The molecule has 0 saturated carbocycles. The largest absolute Gasteiger partial charge is 0.478 e. The van der Waals surface area contributed by atoms with Crippen LogP contribution in [0.3, 0.4) is 0 Å². The van der Waals surface area contributed by atoms with Crippen molar-refractivity contribution in [2.45, 2.75) is 13.1 Å². The van der Waals surface area contributed by atoms with E-state index in [9.17, 15) is 9.59 Å². The Balaban J connectivity index is 1.87. The first-order valence-electron chi connectivity index (χ1n) is 6.66. The molecule has 0 radical (unpaired) electrons. The third-order valence-corrected chi connectivity index (χ3v) is 3.08. The maximum absolute atomic E-state index is 10.7. The molecule has 0 spiro atoms. The number of pyridine rings is 2. The molecule has 2 aromatic rings. The van der Waals surface area contributed by atoms with E-state index < -0.39 is 11.9 Å². The van der Waals surface area contributed by atoms with Crippen LogP contribution in [0.5, 0.6) is 0 Å². The average Bonchev–Trinajstić information content (AvgIpc) is 2.52. The first kappa shape index (κ1) is 15.4. The molecule has 22 heavy (non-hydrogen) atoms. The molecule has 2 N–H and O–H groups in total. The van der Waals surface area contributed by atoms with Crippen molar-refractivity contribution in [2.24, 2.45) is 0 Å². The minimum absolute atomic E-state index is 0.259. The topological polar surface area (TPSA) is 82.4 Å². The summed E-state index contributed by atoms with van der Waals surface area (Å²) in [5.74, 6) is -1.88. The van der Waals surface area contributed by atoms with Gasteiger partial charge in [-0.3, -0.25) is 0 Å². The highest BCUT2D eigenvalue weighted by molar-refractivity contribution is 5.87. The zero-order valence-electron chi connectivity index (χ0n) is 11.8. The first-order valence-corrected chi connectivity index (χ1v) is 6.66. The number of hydrogen-bond donors (Lipinski definition) is 2. The van der Waals surface area contributed by atoms with Crippen LogP contribution in [0.15, 0.2) is 61.2 Å². The Morgan fingerprint density at radius 1 is 0.773 bits per heavy atom. The van der Waals surface area contributed by atoms with E-state index in [2.05, 4.69) is 0 Å². The van der Waals surface area contributed by atoms with E-state index in [1.54, 1.807) is 49.1 Å². The number of carboxylic acids is 2. The van der Waals surface area contributed by atoms with Crippen LogP contribution >= 0.6 is 0 Å². The minimum atomic E-state index is -0.941. The number of rotatable bonds is 6. The maximum Gasteiger partial charge on any atom is 0.336 e. The van der Waals surface area contributed by atoms with Crippen LogP contribution in [-0.2, 0) is 13.1 Å². The van der Waals surface area contributed by atoms with Crippen molar-refractivity contribution in [2.75, 3.05) is 0 Å². The van der Waals surface area contributed by atoms with Crippen LogP contribution in [0, 0.1) is 0 Å². The van der Waals surface area contributed by atoms with Crippen molar-refractivity contribution in [1.29, 1.82) is 0 Å². The predicted octanol–water partition coefficient (Wildman–Crippen LogP) is 0.914. The molecule has 0 unspecified atom stereocenters. The molecule has 0 atom stereocenters. The minimum Gasteiger partial charge on any atom is -0.478 e. The fraction of sp³-hybridized carbons (Fsp3) is 0.125. The van der Waals surface area contributed by atoms with E-state index in [0.717, 1.165) is 0 Å². The Hall–Kier alpha value is -3.02. The number of carbonyl (C=O) groups is 2. The van der Waals surface area contributed by atoms with E-state index in [4.69, 9.17) is 10.2 Å². The highest BCUT2D eigenvalue weighted by Gasteiger charge is 2.06. The summed E-state index contributed by atoms with van der Waals surface area (Å²) < 4.78 is 3.72.